The van der Waals surface area contributed by atoms with Crippen LogP contribution in [0.25, 0.3) is 0 Å². The lowest BCUT2D eigenvalue weighted by atomic mass is 9.89. The molecule has 132 valence electrons. The predicted molar refractivity (Wildman–Crippen MR) is 90.4 cm³/mol. The van der Waals surface area contributed by atoms with E-state index in [1.807, 2.05) is 4.90 Å². The Labute approximate surface area is 141 Å². The second-order valence-corrected chi connectivity index (χ2v) is 6.77. The minimum Gasteiger partial charge on any atom is -0.380 e. The molecule has 0 aliphatic carbocycles. The molecule has 3 rings (SSSR count). The summed E-state index contributed by atoms with van der Waals surface area (Å²) in [4.78, 5) is 8.37. The molecule has 0 radical (unpaired) electrons. The molecule has 2 aliphatic heterocycles. The summed E-state index contributed by atoms with van der Waals surface area (Å²) in [5, 5.41) is 3.40. The van der Waals surface area contributed by atoms with E-state index >= 15 is 0 Å². The first-order chi connectivity index (χ1) is 11.5. The van der Waals surface area contributed by atoms with Crippen molar-refractivity contribution in [3.05, 3.63) is 29.8 Å². The molecular formula is C17H24F2N4O. The molecule has 2 saturated heterocycles. The summed E-state index contributed by atoms with van der Waals surface area (Å²) in [6.45, 7) is 7.21. The number of piperazine rings is 1. The highest BCUT2D eigenvalue weighted by atomic mass is 19.1. The summed E-state index contributed by atoms with van der Waals surface area (Å²) in [6.07, 6.45) is 0. The molecule has 1 N–H and O–H groups in total. The molecule has 0 saturated carbocycles. The lowest BCUT2D eigenvalue weighted by Crippen LogP contribution is -2.56. The Morgan fingerprint density at radius 2 is 1.96 bits per heavy atom. The van der Waals surface area contributed by atoms with Crippen LogP contribution in [0.3, 0.4) is 0 Å². The number of nitrogens with one attached hydrogen (secondary N) is 1. The number of anilines is 1. The monoisotopic (exact) mass is 338 g/mol. The Morgan fingerprint density at radius 3 is 2.54 bits per heavy atom. The van der Waals surface area contributed by atoms with Gasteiger partial charge in [0.15, 0.2) is 5.96 Å². The first-order valence-corrected chi connectivity index (χ1v) is 8.24. The lowest BCUT2D eigenvalue weighted by molar-refractivity contribution is -0.0972. The highest BCUT2D eigenvalue weighted by Gasteiger charge is 2.34. The van der Waals surface area contributed by atoms with Crippen molar-refractivity contribution in [2.24, 2.45) is 10.4 Å². The van der Waals surface area contributed by atoms with Crippen LogP contribution in [0, 0.1) is 17.0 Å². The number of guanidine groups is 1. The van der Waals surface area contributed by atoms with Crippen LogP contribution in [0.15, 0.2) is 23.2 Å². The molecule has 2 fully saturated rings. The number of rotatable bonds is 3. The molecule has 5 nitrogen and oxygen atoms in total. The summed E-state index contributed by atoms with van der Waals surface area (Å²) in [7, 11) is 1.76. The maximum Gasteiger partial charge on any atom is 0.193 e. The zero-order valence-corrected chi connectivity index (χ0v) is 14.2. The quantitative estimate of drug-likeness (QED) is 0.673. The number of ether oxygens (including phenoxy) is 1. The van der Waals surface area contributed by atoms with Crippen molar-refractivity contribution < 1.29 is 13.5 Å². The fourth-order valence-corrected chi connectivity index (χ4v) is 3.06. The number of nitrogens with zero attached hydrogens (tertiary/aromatic N) is 3. The van der Waals surface area contributed by atoms with Crippen LogP contribution in [0.1, 0.15) is 6.92 Å². The molecule has 1 aromatic carbocycles. The number of aliphatic imine (C=N–C) groups is 1. The highest BCUT2D eigenvalue weighted by Crippen LogP contribution is 2.25. The van der Waals surface area contributed by atoms with Gasteiger partial charge < -0.3 is 19.9 Å². The number of hydrogen-bond donors (Lipinski definition) is 1. The van der Waals surface area contributed by atoms with Crippen LogP contribution < -0.4 is 10.2 Å². The smallest absolute Gasteiger partial charge is 0.193 e. The highest BCUT2D eigenvalue weighted by molar-refractivity contribution is 5.80. The van der Waals surface area contributed by atoms with Crippen LogP contribution in [-0.4, -0.2) is 63.8 Å². The van der Waals surface area contributed by atoms with Gasteiger partial charge in [0, 0.05) is 51.3 Å². The first-order valence-electron chi connectivity index (χ1n) is 8.24. The minimum absolute atomic E-state index is 0.169. The van der Waals surface area contributed by atoms with Gasteiger partial charge in [-0.05, 0) is 12.1 Å². The van der Waals surface area contributed by atoms with Crippen LogP contribution in [0.4, 0.5) is 14.5 Å². The van der Waals surface area contributed by atoms with Crippen molar-refractivity contribution in [2.45, 2.75) is 6.92 Å². The standard InChI is InChI=1S/C17H24F2N4O/c1-17(11-24-12-17)10-21-16(20-2)23-7-5-22(6-8-23)15-9-13(18)3-4-14(15)19/h3-4,9H,5-8,10-12H2,1-2H3,(H,20,21). The third-order valence-electron chi connectivity index (χ3n) is 4.61. The summed E-state index contributed by atoms with van der Waals surface area (Å²) >= 11 is 0. The van der Waals surface area contributed by atoms with E-state index in [0.29, 0.717) is 31.9 Å². The zero-order valence-electron chi connectivity index (χ0n) is 14.2. The summed E-state index contributed by atoms with van der Waals surface area (Å²) in [6, 6.07) is 3.58. The van der Waals surface area contributed by atoms with Crippen LogP contribution in [0.2, 0.25) is 0 Å². The zero-order chi connectivity index (χ0) is 17.2. The largest absolute Gasteiger partial charge is 0.380 e. The molecule has 1 aromatic rings. The Balaban J connectivity index is 1.56. The van der Waals surface area contributed by atoms with E-state index in [-0.39, 0.29) is 11.2 Å². The fraction of sp³-hybridized carbons (Fsp3) is 0.588. The average molecular weight is 338 g/mol. The maximum absolute atomic E-state index is 13.9. The third-order valence-corrected chi connectivity index (χ3v) is 4.61. The van der Waals surface area contributed by atoms with Gasteiger partial charge in [-0.25, -0.2) is 8.78 Å². The molecule has 0 spiro atoms. The second-order valence-electron chi connectivity index (χ2n) is 6.77. The van der Waals surface area contributed by atoms with Crippen molar-refractivity contribution in [3.63, 3.8) is 0 Å². The van der Waals surface area contributed by atoms with Gasteiger partial charge in [-0.1, -0.05) is 6.92 Å². The molecule has 24 heavy (non-hydrogen) atoms. The molecule has 0 amide bonds. The second kappa shape index (κ2) is 6.93. The Morgan fingerprint density at radius 1 is 1.25 bits per heavy atom. The van der Waals surface area contributed by atoms with Crippen LogP contribution >= 0.6 is 0 Å². The Bertz CT molecular complexity index is 611. The summed E-state index contributed by atoms with van der Waals surface area (Å²) in [5.41, 5.74) is 0.499. The minimum atomic E-state index is -0.415. The van der Waals surface area contributed by atoms with Crippen molar-refractivity contribution in [1.29, 1.82) is 0 Å². The van der Waals surface area contributed by atoms with E-state index in [1.165, 1.54) is 12.1 Å². The number of benzene rings is 1. The normalized spacial score (nSPS) is 20.8. The van der Waals surface area contributed by atoms with Gasteiger partial charge in [-0.3, -0.25) is 4.99 Å². The van der Waals surface area contributed by atoms with Crippen molar-refractivity contribution in [1.82, 2.24) is 10.2 Å². The van der Waals surface area contributed by atoms with E-state index in [9.17, 15) is 8.78 Å². The summed E-state index contributed by atoms with van der Waals surface area (Å²) < 4.78 is 32.5. The van der Waals surface area contributed by atoms with Crippen LogP contribution in [-0.2, 0) is 4.74 Å². The van der Waals surface area contributed by atoms with E-state index in [4.69, 9.17) is 4.74 Å². The van der Waals surface area contributed by atoms with E-state index in [1.54, 1.807) is 7.05 Å². The maximum atomic E-state index is 13.9. The van der Waals surface area contributed by atoms with Crippen molar-refractivity contribution in [2.75, 3.05) is 57.9 Å². The molecule has 0 unspecified atom stereocenters. The predicted octanol–water partition coefficient (Wildman–Crippen LogP) is 1.70. The topological polar surface area (TPSA) is 40.1 Å². The van der Waals surface area contributed by atoms with Gasteiger partial charge in [0.05, 0.1) is 18.9 Å². The Hall–Kier alpha value is -1.89. The molecular weight excluding hydrogens is 314 g/mol. The Kier molecular flexibility index (Phi) is 4.89. The van der Waals surface area contributed by atoms with Gasteiger partial charge in [-0.15, -0.1) is 0 Å². The SMILES string of the molecule is CN=C(NCC1(C)COC1)N1CCN(c2cc(F)ccc2F)CC1. The van der Waals surface area contributed by atoms with E-state index in [2.05, 4.69) is 22.1 Å². The number of halogens is 2. The van der Waals surface area contributed by atoms with Gasteiger partial charge in [-0.2, -0.15) is 0 Å². The molecule has 2 aliphatic rings. The average Bonchev–Trinajstić information content (AvgIpc) is 2.56. The molecule has 0 aromatic heterocycles. The van der Waals surface area contributed by atoms with Crippen molar-refractivity contribution >= 4 is 11.6 Å². The summed E-state index contributed by atoms with van der Waals surface area (Å²) in [5.74, 6) is 0.0509. The van der Waals surface area contributed by atoms with Gasteiger partial charge in [0.1, 0.15) is 11.6 Å². The van der Waals surface area contributed by atoms with E-state index in [0.717, 1.165) is 31.8 Å². The first kappa shape index (κ1) is 17.0. The molecule has 0 atom stereocenters. The molecule has 0 bridgehead atoms. The molecule has 2 heterocycles. The fourth-order valence-electron chi connectivity index (χ4n) is 3.06. The van der Waals surface area contributed by atoms with Gasteiger partial charge in [0.25, 0.3) is 0 Å². The van der Waals surface area contributed by atoms with Crippen molar-refractivity contribution in [3.8, 4) is 0 Å². The van der Waals surface area contributed by atoms with E-state index < -0.39 is 5.82 Å². The third kappa shape index (κ3) is 3.61. The number of hydrogen-bond acceptors (Lipinski definition) is 3. The lowest BCUT2D eigenvalue weighted by Gasteiger charge is -2.41. The van der Waals surface area contributed by atoms with Gasteiger partial charge in [0.2, 0.25) is 0 Å². The molecule has 7 heteroatoms. The van der Waals surface area contributed by atoms with Gasteiger partial charge >= 0.3 is 0 Å². The van der Waals surface area contributed by atoms with Crippen LogP contribution in [0.5, 0.6) is 0 Å².